The lowest BCUT2D eigenvalue weighted by atomic mass is 9.90. The topological polar surface area (TPSA) is 64.3 Å². The third-order valence-electron chi connectivity index (χ3n) is 2.52. The fourth-order valence-electron chi connectivity index (χ4n) is 1.77. The number of nitrogens with one attached hydrogen (secondary N) is 1. The highest BCUT2D eigenvalue weighted by Gasteiger charge is 2.31. The number of ether oxygens (including phenoxy) is 1. The minimum Gasteiger partial charge on any atom is -0.444 e. The average molecular weight is 232 g/mol. The predicted octanol–water partition coefficient (Wildman–Crippen LogP) is 1.73. The Morgan fingerprint density at radius 3 is 2.56 bits per heavy atom. The van der Waals surface area contributed by atoms with Crippen LogP contribution >= 0.6 is 0 Å². The van der Waals surface area contributed by atoms with Crippen molar-refractivity contribution >= 4 is 6.09 Å². The van der Waals surface area contributed by atoms with Gasteiger partial charge in [-0.25, -0.2) is 9.18 Å². The van der Waals surface area contributed by atoms with Crippen molar-refractivity contribution in [3.05, 3.63) is 0 Å². The van der Waals surface area contributed by atoms with E-state index in [4.69, 9.17) is 10.5 Å². The van der Waals surface area contributed by atoms with Gasteiger partial charge in [-0.15, -0.1) is 0 Å². The molecule has 1 aliphatic rings. The quantitative estimate of drug-likeness (QED) is 0.723. The highest BCUT2D eigenvalue weighted by atomic mass is 19.1. The highest BCUT2D eigenvalue weighted by Crippen LogP contribution is 2.21. The Balaban J connectivity index is 2.39. The van der Waals surface area contributed by atoms with Gasteiger partial charge in [0.25, 0.3) is 0 Å². The van der Waals surface area contributed by atoms with Crippen LogP contribution in [0.25, 0.3) is 0 Å². The number of rotatable bonds is 1. The van der Waals surface area contributed by atoms with Crippen LogP contribution in [-0.4, -0.2) is 29.9 Å². The van der Waals surface area contributed by atoms with Gasteiger partial charge in [-0.1, -0.05) is 0 Å². The summed E-state index contributed by atoms with van der Waals surface area (Å²) in [6.07, 6.45) is -0.0185. The number of alkyl halides is 1. The SMILES string of the molecule is CC(C)(C)OC(=O)N[C@@H]1CCC(N)C[C@@H]1F. The molecule has 0 aromatic rings. The smallest absolute Gasteiger partial charge is 0.407 e. The fourth-order valence-corrected chi connectivity index (χ4v) is 1.77. The molecule has 1 saturated carbocycles. The van der Waals surface area contributed by atoms with E-state index in [1.807, 2.05) is 0 Å². The summed E-state index contributed by atoms with van der Waals surface area (Å²) in [4.78, 5) is 11.4. The van der Waals surface area contributed by atoms with Crippen LogP contribution in [0.5, 0.6) is 0 Å². The molecule has 94 valence electrons. The zero-order chi connectivity index (χ0) is 12.3. The van der Waals surface area contributed by atoms with Crippen molar-refractivity contribution in [3.63, 3.8) is 0 Å². The molecule has 3 atom stereocenters. The lowest BCUT2D eigenvalue weighted by Gasteiger charge is -2.31. The van der Waals surface area contributed by atoms with Gasteiger partial charge in [0.05, 0.1) is 6.04 Å². The zero-order valence-electron chi connectivity index (χ0n) is 10.1. The monoisotopic (exact) mass is 232 g/mol. The zero-order valence-corrected chi connectivity index (χ0v) is 10.1. The lowest BCUT2D eigenvalue weighted by molar-refractivity contribution is 0.0445. The molecular formula is C11H21FN2O2. The van der Waals surface area contributed by atoms with E-state index in [1.54, 1.807) is 20.8 Å². The van der Waals surface area contributed by atoms with Gasteiger partial charge in [-0.05, 0) is 40.0 Å². The van der Waals surface area contributed by atoms with Crippen molar-refractivity contribution in [1.82, 2.24) is 5.32 Å². The Bertz CT molecular complexity index is 253. The van der Waals surface area contributed by atoms with Gasteiger partial charge in [0, 0.05) is 6.04 Å². The molecule has 0 aromatic carbocycles. The van der Waals surface area contributed by atoms with Gasteiger partial charge in [-0.2, -0.15) is 0 Å². The Hall–Kier alpha value is -0.840. The first-order chi connectivity index (χ1) is 7.28. The molecule has 1 fully saturated rings. The summed E-state index contributed by atoms with van der Waals surface area (Å²) in [6, 6.07) is -0.554. The first-order valence-electron chi connectivity index (χ1n) is 5.67. The molecule has 1 amide bonds. The summed E-state index contributed by atoms with van der Waals surface area (Å²) in [5, 5.41) is 2.55. The Morgan fingerprint density at radius 1 is 1.44 bits per heavy atom. The second kappa shape index (κ2) is 4.99. The van der Waals surface area contributed by atoms with Gasteiger partial charge >= 0.3 is 6.09 Å². The number of carbonyl (C=O) groups is 1. The first kappa shape index (κ1) is 13.2. The molecule has 0 aromatic heterocycles. The fraction of sp³-hybridized carbons (Fsp3) is 0.909. The van der Waals surface area contributed by atoms with Crippen LogP contribution in [-0.2, 0) is 4.74 Å². The number of hydrogen-bond acceptors (Lipinski definition) is 3. The summed E-state index contributed by atoms with van der Waals surface area (Å²) in [7, 11) is 0. The molecule has 0 bridgehead atoms. The second-order valence-electron chi connectivity index (χ2n) is 5.34. The van der Waals surface area contributed by atoms with E-state index in [1.165, 1.54) is 0 Å². The summed E-state index contributed by atoms with van der Waals surface area (Å²) in [5.41, 5.74) is 5.08. The third-order valence-corrected chi connectivity index (χ3v) is 2.52. The van der Waals surface area contributed by atoms with Gasteiger partial charge in [0.1, 0.15) is 11.8 Å². The maximum Gasteiger partial charge on any atom is 0.407 e. The molecule has 5 heteroatoms. The van der Waals surface area contributed by atoms with E-state index in [0.717, 1.165) is 6.42 Å². The third kappa shape index (κ3) is 4.35. The minimum atomic E-state index is -1.07. The van der Waals surface area contributed by atoms with Gasteiger partial charge in [-0.3, -0.25) is 0 Å². The summed E-state index contributed by atoms with van der Waals surface area (Å²) >= 11 is 0. The van der Waals surface area contributed by atoms with E-state index < -0.39 is 23.9 Å². The Labute approximate surface area is 95.7 Å². The molecule has 4 nitrogen and oxygen atoms in total. The molecule has 0 spiro atoms. The lowest BCUT2D eigenvalue weighted by Crippen LogP contribution is -2.49. The van der Waals surface area contributed by atoms with E-state index in [0.29, 0.717) is 12.8 Å². The van der Waals surface area contributed by atoms with Gasteiger partial charge in [0.2, 0.25) is 0 Å². The van der Waals surface area contributed by atoms with Crippen LogP contribution in [0.4, 0.5) is 9.18 Å². The summed E-state index contributed by atoms with van der Waals surface area (Å²) in [5.74, 6) is 0. The molecule has 3 N–H and O–H groups in total. The second-order valence-corrected chi connectivity index (χ2v) is 5.34. The van der Waals surface area contributed by atoms with Gasteiger partial charge in [0.15, 0.2) is 0 Å². The largest absolute Gasteiger partial charge is 0.444 e. The number of nitrogens with two attached hydrogens (primary N) is 1. The van der Waals surface area contributed by atoms with Crippen molar-refractivity contribution in [2.75, 3.05) is 0 Å². The molecule has 0 saturated heterocycles. The molecule has 16 heavy (non-hydrogen) atoms. The van der Waals surface area contributed by atoms with Crippen molar-refractivity contribution in [3.8, 4) is 0 Å². The van der Waals surface area contributed by atoms with Crippen molar-refractivity contribution < 1.29 is 13.9 Å². The summed E-state index contributed by atoms with van der Waals surface area (Å²) in [6.45, 7) is 5.32. The molecule has 1 rings (SSSR count). The Morgan fingerprint density at radius 2 is 2.06 bits per heavy atom. The van der Waals surface area contributed by atoms with Crippen LogP contribution < -0.4 is 11.1 Å². The molecular weight excluding hydrogens is 211 g/mol. The van der Waals surface area contributed by atoms with Crippen LogP contribution in [0.2, 0.25) is 0 Å². The van der Waals surface area contributed by atoms with Crippen LogP contribution in [0.15, 0.2) is 0 Å². The molecule has 1 aliphatic carbocycles. The highest BCUT2D eigenvalue weighted by molar-refractivity contribution is 5.68. The maximum absolute atomic E-state index is 13.5. The van der Waals surface area contributed by atoms with Gasteiger partial charge < -0.3 is 15.8 Å². The van der Waals surface area contributed by atoms with E-state index >= 15 is 0 Å². The molecule has 0 radical (unpaired) electrons. The minimum absolute atomic E-state index is 0.0910. The number of carbonyl (C=O) groups excluding carboxylic acids is 1. The normalized spacial score (nSPS) is 30.9. The van der Waals surface area contributed by atoms with Crippen LogP contribution in [0.1, 0.15) is 40.0 Å². The van der Waals surface area contributed by atoms with Crippen molar-refractivity contribution in [2.24, 2.45) is 5.73 Å². The predicted molar refractivity (Wildman–Crippen MR) is 59.9 cm³/mol. The molecule has 0 heterocycles. The van der Waals surface area contributed by atoms with Crippen molar-refractivity contribution in [2.45, 2.75) is 63.9 Å². The van der Waals surface area contributed by atoms with E-state index in [2.05, 4.69) is 5.32 Å². The number of alkyl carbamates (subject to hydrolysis) is 1. The van der Waals surface area contributed by atoms with Crippen molar-refractivity contribution in [1.29, 1.82) is 0 Å². The molecule has 0 aliphatic heterocycles. The summed E-state index contributed by atoms with van der Waals surface area (Å²) < 4.78 is 18.6. The number of amides is 1. The van der Waals surface area contributed by atoms with E-state index in [9.17, 15) is 9.18 Å². The number of hydrogen-bond donors (Lipinski definition) is 2. The van der Waals surface area contributed by atoms with Crippen LogP contribution in [0, 0.1) is 0 Å². The van der Waals surface area contributed by atoms with E-state index in [-0.39, 0.29) is 6.04 Å². The maximum atomic E-state index is 13.5. The standard InChI is InChI=1S/C11H21FN2O2/c1-11(2,3)16-10(15)14-9-5-4-7(13)6-8(9)12/h7-9H,4-6,13H2,1-3H3,(H,14,15)/t7?,8-,9+/m0/s1. The number of halogens is 1. The average Bonchev–Trinajstić information content (AvgIpc) is 2.06. The van der Waals surface area contributed by atoms with Crippen LogP contribution in [0.3, 0.4) is 0 Å². The molecule has 1 unspecified atom stereocenters. The Kier molecular flexibility index (Phi) is 4.13. The first-order valence-corrected chi connectivity index (χ1v) is 5.67.